The molecule has 316 valence electrons. The first-order valence-corrected chi connectivity index (χ1v) is 23.1. The third kappa shape index (κ3) is 7.96. The van der Waals surface area contributed by atoms with Crippen molar-refractivity contribution in [3.05, 3.63) is 222 Å². The van der Waals surface area contributed by atoms with Crippen LogP contribution in [0, 0.1) is 11.8 Å². The van der Waals surface area contributed by atoms with Gasteiger partial charge in [0.15, 0.2) is 29.1 Å². The van der Waals surface area contributed by atoms with E-state index in [4.69, 9.17) is 29.9 Å². The zero-order valence-corrected chi connectivity index (χ0v) is 36.7. The molecule has 3 aliphatic rings. The Hall–Kier alpha value is -7.96. The van der Waals surface area contributed by atoms with Gasteiger partial charge < -0.3 is 0 Å². The van der Waals surface area contributed by atoms with E-state index in [0.29, 0.717) is 41.0 Å². The van der Waals surface area contributed by atoms with Gasteiger partial charge >= 0.3 is 0 Å². The van der Waals surface area contributed by atoms with Gasteiger partial charge in [0.1, 0.15) is 5.82 Å². The van der Waals surface area contributed by atoms with Crippen molar-refractivity contribution in [1.29, 1.82) is 0 Å². The number of hydrogen-bond acceptors (Lipinski definition) is 6. The fourth-order valence-corrected chi connectivity index (χ4v) is 9.72. The summed E-state index contributed by atoms with van der Waals surface area (Å²) >= 11 is 0. The summed E-state index contributed by atoms with van der Waals surface area (Å²) in [6.07, 6.45) is 19.4. The lowest BCUT2D eigenvalue weighted by molar-refractivity contribution is 0.508. The van der Waals surface area contributed by atoms with Crippen molar-refractivity contribution in [1.82, 2.24) is 29.9 Å². The molecule has 0 fully saturated rings. The fourth-order valence-electron chi connectivity index (χ4n) is 9.72. The number of allylic oxidation sites excluding steroid dienone is 7. The number of hydrogen-bond donors (Lipinski definition) is 0. The number of rotatable bonds is 8. The van der Waals surface area contributed by atoms with Crippen LogP contribution in [0.5, 0.6) is 0 Å². The Morgan fingerprint density at radius 1 is 0.470 bits per heavy atom. The second kappa shape index (κ2) is 16.9. The Balaban J connectivity index is 0.836. The van der Waals surface area contributed by atoms with E-state index < -0.39 is 0 Å². The maximum Gasteiger partial charge on any atom is 0.164 e. The minimum atomic E-state index is 0.206. The van der Waals surface area contributed by atoms with Crippen LogP contribution in [0.3, 0.4) is 0 Å². The summed E-state index contributed by atoms with van der Waals surface area (Å²) < 4.78 is 0. The summed E-state index contributed by atoms with van der Waals surface area (Å²) in [7, 11) is 0. The minimum Gasteiger partial charge on any atom is -0.213 e. The number of fused-ring (bicyclic) bond motifs is 4. The van der Waals surface area contributed by atoms with Crippen molar-refractivity contribution >= 4 is 27.6 Å². The van der Waals surface area contributed by atoms with E-state index in [0.717, 1.165) is 64.7 Å². The molecular formula is C60H46N6. The molecule has 0 aliphatic heterocycles. The summed E-state index contributed by atoms with van der Waals surface area (Å²) in [6.45, 7) is 2.26. The van der Waals surface area contributed by atoms with Crippen molar-refractivity contribution in [2.75, 3.05) is 0 Å². The topological polar surface area (TPSA) is 77.3 Å². The Morgan fingerprint density at radius 3 is 1.61 bits per heavy atom. The molecule has 0 saturated carbocycles. The van der Waals surface area contributed by atoms with E-state index in [-0.39, 0.29) is 5.92 Å². The normalized spacial score (nSPS) is 17.4. The highest BCUT2D eigenvalue weighted by atomic mass is 15.0. The Bertz CT molecular complexity index is 3450. The average molecular weight is 851 g/mol. The molecule has 66 heavy (non-hydrogen) atoms. The lowest BCUT2D eigenvalue weighted by Gasteiger charge is -2.27. The monoisotopic (exact) mass is 850 g/mol. The van der Waals surface area contributed by atoms with Gasteiger partial charge in [0.25, 0.3) is 0 Å². The zero-order chi connectivity index (χ0) is 44.0. The van der Waals surface area contributed by atoms with Crippen LogP contribution in [-0.2, 0) is 12.8 Å². The highest BCUT2D eigenvalue weighted by molar-refractivity contribution is 5.87. The summed E-state index contributed by atoms with van der Waals surface area (Å²) in [5.74, 6) is 5.35. The molecule has 0 bridgehead atoms. The molecular weight excluding hydrogens is 805 g/mol. The molecule has 3 aliphatic carbocycles. The van der Waals surface area contributed by atoms with Gasteiger partial charge in [-0.15, -0.1) is 0 Å². The molecule has 0 saturated heterocycles. The molecule has 7 aromatic carbocycles. The standard InChI is InChI=1S/C60H46N6/c1-38-14-19-44-27-31-53(37-54(44)32-38)60-64-56(63-59(66-60)52-30-26-43-10-4-7-13-49(43)36-52)46-22-17-40(18-23-46)33-39-15-20-45(21-16-39)55-61-57(50-28-24-41-8-2-5-11-47(41)34-50)65-58(62-55)51-29-25-42-9-3-6-12-48(42)35-51/h2-28,30-31,34,36-38,48,51H,29,32-33,35H2,1H3. The largest absolute Gasteiger partial charge is 0.213 e. The molecule has 0 N–H and O–H groups in total. The molecule has 2 aromatic heterocycles. The smallest absolute Gasteiger partial charge is 0.164 e. The summed E-state index contributed by atoms with van der Waals surface area (Å²) in [4.78, 5) is 30.7. The van der Waals surface area contributed by atoms with Gasteiger partial charge in [0, 0.05) is 39.7 Å². The van der Waals surface area contributed by atoms with E-state index in [1.54, 1.807) is 0 Å². The predicted octanol–water partition coefficient (Wildman–Crippen LogP) is 14.0. The molecule has 3 atom stereocenters. The maximum atomic E-state index is 5.18. The molecule has 3 unspecified atom stereocenters. The Morgan fingerprint density at radius 2 is 0.985 bits per heavy atom. The molecule has 9 aromatic rings. The summed E-state index contributed by atoms with van der Waals surface area (Å²) in [5, 5.41) is 4.70. The molecule has 0 spiro atoms. The van der Waals surface area contributed by atoms with Crippen molar-refractivity contribution in [3.63, 3.8) is 0 Å². The van der Waals surface area contributed by atoms with Gasteiger partial charge in [0.2, 0.25) is 0 Å². The van der Waals surface area contributed by atoms with Gasteiger partial charge in [0.05, 0.1) is 0 Å². The number of nitrogens with zero attached hydrogens (tertiary/aromatic N) is 6. The third-order valence-electron chi connectivity index (χ3n) is 13.4. The molecule has 6 nitrogen and oxygen atoms in total. The first-order chi connectivity index (χ1) is 32.5. The quantitative estimate of drug-likeness (QED) is 0.152. The van der Waals surface area contributed by atoms with Gasteiger partial charge in [-0.2, -0.15) is 0 Å². The predicted molar refractivity (Wildman–Crippen MR) is 268 cm³/mol. The highest BCUT2D eigenvalue weighted by Crippen LogP contribution is 2.39. The number of aromatic nitrogens is 6. The SMILES string of the molecule is CC1C=Cc2ccc(-c3nc(-c4ccc(Cc5ccc(-c6nc(-c7ccc8ccccc8c7)nc(C7CC=C8C=CC=CC8C7)n6)cc5)cc4)nc(-c4ccc5ccccc5c4)n3)cc2C1. The number of benzene rings is 7. The van der Waals surface area contributed by atoms with Crippen molar-refractivity contribution in [3.8, 4) is 56.9 Å². The van der Waals surface area contributed by atoms with E-state index >= 15 is 0 Å². The molecule has 6 heteroatoms. The summed E-state index contributed by atoms with van der Waals surface area (Å²) in [5.41, 5.74) is 11.3. The van der Waals surface area contributed by atoms with Crippen LogP contribution >= 0.6 is 0 Å². The van der Waals surface area contributed by atoms with Gasteiger partial charge in [-0.1, -0.05) is 183 Å². The van der Waals surface area contributed by atoms with Gasteiger partial charge in [-0.05, 0) is 99.2 Å². The third-order valence-corrected chi connectivity index (χ3v) is 13.4. The van der Waals surface area contributed by atoms with E-state index in [9.17, 15) is 0 Å². The van der Waals surface area contributed by atoms with Crippen LogP contribution in [0.2, 0.25) is 0 Å². The van der Waals surface area contributed by atoms with Gasteiger partial charge in [-0.3, -0.25) is 0 Å². The average Bonchev–Trinajstić information content (AvgIpc) is 3.38. The molecule has 2 heterocycles. The van der Waals surface area contributed by atoms with Crippen molar-refractivity contribution in [2.24, 2.45) is 11.8 Å². The van der Waals surface area contributed by atoms with Crippen LogP contribution < -0.4 is 0 Å². The lowest BCUT2D eigenvalue weighted by atomic mass is 9.79. The minimum absolute atomic E-state index is 0.206. The fraction of sp³-hybridized carbons (Fsp3) is 0.133. The van der Waals surface area contributed by atoms with Crippen molar-refractivity contribution < 1.29 is 0 Å². The maximum absolute atomic E-state index is 5.18. The molecule has 0 radical (unpaired) electrons. The second-order valence-electron chi connectivity index (χ2n) is 18.0. The lowest BCUT2D eigenvalue weighted by Crippen LogP contribution is -2.17. The van der Waals surface area contributed by atoms with Gasteiger partial charge in [-0.25, -0.2) is 29.9 Å². The van der Waals surface area contributed by atoms with Crippen LogP contribution in [-0.4, -0.2) is 29.9 Å². The molecule has 12 rings (SSSR count). The first-order valence-electron chi connectivity index (χ1n) is 23.1. The van der Waals surface area contributed by atoms with Crippen LogP contribution in [0.1, 0.15) is 53.8 Å². The second-order valence-corrected chi connectivity index (χ2v) is 18.0. The van der Waals surface area contributed by atoms with Crippen LogP contribution in [0.15, 0.2) is 194 Å². The van der Waals surface area contributed by atoms with E-state index in [1.807, 2.05) is 0 Å². The zero-order valence-electron chi connectivity index (χ0n) is 36.7. The molecule has 0 amide bonds. The first kappa shape index (κ1) is 39.6. The summed E-state index contributed by atoms with van der Waals surface area (Å²) in [6, 6.07) is 53.6. The van der Waals surface area contributed by atoms with Crippen LogP contribution in [0.4, 0.5) is 0 Å². The Labute approximate surface area is 385 Å². The highest BCUT2D eigenvalue weighted by Gasteiger charge is 2.27. The Kier molecular flexibility index (Phi) is 10.1. The van der Waals surface area contributed by atoms with E-state index in [1.165, 1.54) is 44.0 Å². The van der Waals surface area contributed by atoms with E-state index in [2.05, 4.69) is 201 Å². The van der Waals surface area contributed by atoms with Crippen LogP contribution in [0.25, 0.3) is 84.6 Å². The van der Waals surface area contributed by atoms with Crippen molar-refractivity contribution in [2.45, 2.75) is 38.5 Å².